The highest BCUT2D eigenvalue weighted by Crippen LogP contribution is 2.26. The molecule has 0 aliphatic rings. The number of anilines is 1. The SMILES string of the molecule is CCCCCCN(C(=O)Nc1c(C)cccc1C)C(C)c1nc2ccccc2c(=O)n1-c1ccc(F)cc1. The van der Waals surface area contributed by atoms with Crippen molar-refractivity contribution < 1.29 is 9.18 Å². The van der Waals surface area contributed by atoms with Gasteiger partial charge in [-0.1, -0.05) is 56.5 Å². The largest absolute Gasteiger partial charge is 0.322 e. The zero-order valence-corrected chi connectivity index (χ0v) is 22.5. The molecule has 4 aromatic rings. The highest BCUT2D eigenvalue weighted by Gasteiger charge is 2.27. The molecule has 38 heavy (non-hydrogen) atoms. The van der Waals surface area contributed by atoms with Gasteiger partial charge in [0.05, 0.1) is 22.6 Å². The maximum Gasteiger partial charge on any atom is 0.322 e. The van der Waals surface area contributed by atoms with Crippen LogP contribution >= 0.6 is 0 Å². The number of carbonyl (C=O) groups is 1. The summed E-state index contributed by atoms with van der Waals surface area (Å²) >= 11 is 0. The van der Waals surface area contributed by atoms with Gasteiger partial charge in [0, 0.05) is 12.2 Å². The van der Waals surface area contributed by atoms with Crippen LogP contribution in [-0.4, -0.2) is 27.0 Å². The van der Waals surface area contributed by atoms with Crippen molar-refractivity contribution in [2.45, 2.75) is 59.4 Å². The van der Waals surface area contributed by atoms with Gasteiger partial charge in [0.1, 0.15) is 11.6 Å². The molecule has 0 spiro atoms. The van der Waals surface area contributed by atoms with Gasteiger partial charge in [-0.15, -0.1) is 0 Å². The molecule has 1 unspecified atom stereocenters. The second kappa shape index (κ2) is 12.0. The molecule has 6 nitrogen and oxygen atoms in total. The van der Waals surface area contributed by atoms with Crippen molar-refractivity contribution in [3.05, 3.63) is 99.9 Å². The molecule has 1 atom stereocenters. The Morgan fingerprint density at radius 3 is 2.34 bits per heavy atom. The summed E-state index contributed by atoms with van der Waals surface area (Å²) in [4.78, 5) is 34.1. The van der Waals surface area contributed by atoms with Crippen LogP contribution in [0.15, 0.2) is 71.5 Å². The number of amides is 2. The summed E-state index contributed by atoms with van der Waals surface area (Å²) in [7, 11) is 0. The molecule has 0 fully saturated rings. The van der Waals surface area contributed by atoms with Gasteiger partial charge >= 0.3 is 6.03 Å². The normalized spacial score (nSPS) is 11.9. The molecule has 0 saturated heterocycles. The molecule has 7 heteroatoms. The Balaban J connectivity index is 1.81. The maximum atomic E-state index is 13.8. The lowest BCUT2D eigenvalue weighted by Gasteiger charge is -2.31. The molecule has 0 bridgehead atoms. The average Bonchev–Trinajstić information content (AvgIpc) is 2.91. The lowest BCUT2D eigenvalue weighted by Crippen LogP contribution is -2.40. The Labute approximate surface area is 223 Å². The van der Waals surface area contributed by atoms with E-state index < -0.39 is 11.9 Å². The van der Waals surface area contributed by atoms with Crippen LogP contribution in [0.1, 0.15) is 62.5 Å². The molecule has 0 saturated carbocycles. The predicted molar refractivity (Wildman–Crippen MR) is 151 cm³/mol. The Morgan fingerprint density at radius 1 is 0.974 bits per heavy atom. The first-order chi connectivity index (χ1) is 18.3. The average molecular weight is 515 g/mol. The topological polar surface area (TPSA) is 67.2 Å². The Hall–Kier alpha value is -4.00. The number of nitrogens with one attached hydrogen (secondary N) is 1. The van der Waals surface area contributed by atoms with Crippen molar-refractivity contribution in [3.8, 4) is 5.69 Å². The lowest BCUT2D eigenvalue weighted by atomic mass is 10.1. The van der Waals surface area contributed by atoms with Gasteiger partial charge in [-0.25, -0.2) is 14.2 Å². The van der Waals surface area contributed by atoms with E-state index in [-0.39, 0.29) is 11.6 Å². The number of aromatic nitrogens is 2. The first-order valence-electron chi connectivity index (χ1n) is 13.2. The van der Waals surface area contributed by atoms with Crippen molar-refractivity contribution in [1.29, 1.82) is 0 Å². The third-order valence-corrected chi connectivity index (χ3v) is 6.95. The van der Waals surface area contributed by atoms with Crippen LogP contribution < -0.4 is 10.9 Å². The molecule has 4 rings (SSSR count). The van der Waals surface area contributed by atoms with Crippen LogP contribution in [0.25, 0.3) is 16.6 Å². The standard InChI is InChI=1S/C31H35FN4O2/c1-5-6-7-10-20-35(31(38)34-28-21(2)12-11-13-22(28)3)23(4)29-33-27-15-9-8-14-26(27)30(37)36(29)25-18-16-24(32)17-19-25/h8-9,11-19,23H,5-7,10,20H2,1-4H3,(H,34,38). The minimum Gasteiger partial charge on any atom is -0.315 e. The van der Waals surface area contributed by atoms with E-state index in [1.807, 2.05) is 45.0 Å². The van der Waals surface area contributed by atoms with E-state index >= 15 is 0 Å². The minimum absolute atomic E-state index is 0.250. The number of nitrogens with zero attached hydrogens (tertiary/aromatic N) is 3. The minimum atomic E-state index is -0.539. The molecule has 1 heterocycles. The molecule has 3 aromatic carbocycles. The first kappa shape index (κ1) is 27.0. The number of benzene rings is 3. The van der Waals surface area contributed by atoms with Crippen molar-refractivity contribution in [1.82, 2.24) is 14.5 Å². The van der Waals surface area contributed by atoms with E-state index in [0.717, 1.165) is 42.5 Å². The van der Waals surface area contributed by atoms with Crippen LogP contribution in [0.2, 0.25) is 0 Å². The molecule has 0 radical (unpaired) electrons. The monoisotopic (exact) mass is 514 g/mol. The highest BCUT2D eigenvalue weighted by molar-refractivity contribution is 5.91. The number of aryl methyl sites for hydroxylation is 2. The van der Waals surface area contributed by atoms with E-state index in [2.05, 4.69) is 12.2 Å². The summed E-state index contributed by atoms with van der Waals surface area (Å²) < 4.78 is 15.3. The molecular formula is C31H35FN4O2. The molecule has 0 aliphatic carbocycles. The fourth-order valence-corrected chi connectivity index (χ4v) is 4.78. The number of carbonyl (C=O) groups excluding carboxylic acids is 1. The van der Waals surface area contributed by atoms with E-state index in [9.17, 15) is 14.0 Å². The van der Waals surface area contributed by atoms with E-state index in [1.165, 1.54) is 16.7 Å². The smallest absolute Gasteiger partial charge is 0.315 e. The summed E-state index contributed by atoms with van der Waals surface area (Å²) in [5.74, 6) is 0.0307. The fraction of sp³-hybridized carbons (Fsp3) is 0.323. The summed E-state index contributed by atoms with van der Waals surface area (Å²) in [6.45, 7) is 8.47. The van der Waals surface area contributed by atoms with Crippen molar-refractivity contribution >= 4 is 22.6 Å². The number of halogens is 1. The van der Waals surface area contributed by atoms with Gasteiger partial charge < -0.3 is 10.2 Å². The van der Waals surface area contributed by atoms with Crippen LogP contribution in [0.3, 0.4) is 0 Å². The second-order valence-electron chi connectivity index (χ2n) is 9.73. The van der Waals surface area contributed by atoms with Crippen LogP contribution in [0.4, 0.5) is 14.9 Å². The van der Waals surface area contributed by atoms with E-state index in [0.29, 0.717) is 29.0 Å². The van der Waals surface area contributed by atoms with Gasteiger partial charge in [0.2, 0.25) is 0 Å². The number of fused-ring (bicyclic) bond motifs is 1. The summed E-state index contributed by atoms with van der Waals surface area (Å²) in [5.41, 5.74) is 3.53. The van der Waals surface area contributed by atoms with E-state index in [1.54, 1.807) is 35.2 Å². The number of hydrogen-bond acceptors (Lipinski definition) is 3. The fourth-order valence-electron chi connectivity index (χ4n) is 4.78. The number of urea groups is 1. The third-order valence-electron chi connectivity index (χ3n) is 6.95. The van der Waals surface area contributed by atoms with Gasteiger partial charge in [0.15, 0.2) is 0 Å². The number of unbranched alkanes of at least 4 members (excludes halogenated alkanes) is 3. The molecule has 2 amide bonds. The third kappa shape index (κ3) is 5.77. The Kier molecular flexibility index (Phi) is 8.56. The number of rotatable bonds is 9. The Bertz CT molecular complexity index is 1460. The summed E-state index contributed by atoms with van der Waals surface area (Å²) in [5, 5.41) is 3.57. The molecule has 1 N–H and O–H groups in total. The Morgan fingerprint density at radius 2 is 1.66 bits per heavy atom. The van der Waals surface area contributed by atoms with Gasteiger partial charge in [-0.3, -0.25) is 9.36 Å². The van der Waals surface area contributed by atoms with Crippen molar-refractivity contribution in [2.24, 2.45) is 0 Å². The second-order valence-corrected chi connectivity index (χ2v) is 9.73. The summed E-state index contributed by atoms with van der Waals surface area (Å²) in [6.07, 6.45) is 3.98. The zero-order chi connectivity index (χ0) is 27.2. The van der Waals surface area contributed by atoms with E-state index in [4.69, 9.17) is 4.98 Å². The zero-order valence-electron chi connectivity index (χ0n) is 22.5. The van der Waals surface area contributed by atoms with Crippen LogP contribution in [0, 0.1) is 19.7 Å². The molecule has 1 aromatic heterocycles. The van der Waals surface area contributed by atoms with Crippen molar-refractivity contribution in [2.75, 3.05) is 11.9 Å². The van der Waals surface area contributed by atoms with Gasteiger partial charge in [-0.2, -0.15) is 0 Å². The van der Waals surface area contributed by atoms with Gasteiger partial charge in [-0.05, 0) is 74.7 Å². The molecule has 198 valence electrons. The lowest BCUT2D eigenvalue weighted by molar-refractivity contribution is 0.187. The predicted octanol–water partition coefficient (Wildman–Crippen LogP) is 7.32. The van der Waals surface area contributed by atoms with Crippen molar-refractivity contribution in [3.63, 3.8) is 0 Å². The first-order valence-corrected chi connectivity index (χ1v) is 13.2. The van der Waals surface area contributed by atoms with Gasteiger partial charge in [0.25, 0.3) is 5.56 Å². The maximum absolute atomic E-state index is 13.8. The molecular weight excluding hydrogens is 479 g/mol. The summed E-state index contributed by atoms with van der Waals surface area (Å²) in [6, 6.07) is 18.0. The number of para-hydroxylation sites is 2. The highest BCUT2D eigenvalue weighted by atomic mass is 19.1. The van der Waals surface area contributed by atoms with Crippen LogP contribution in [-0.2, 0) is 0 Å². The quantitative estimate of drug-likeness (QED) is 0.238. The number of hydrogen-bond donors (Lipinski definition) is 1. The van der Waals surface area contributed by atoms with Crippen LogP contribution in [0.5, 0.6) is 0 Å². The molecule has 0 aliphatic heterocycles.